The first-order valence-corrected chi connectivity index (χ1v) is 3.27. The van der Waals surface area contributed by atoms with Crippen LogP contribution in [0.5, 0.6) is 0 Å². The Morgan fingerprint density at radius 3 is 2.80 bits per heavy atom. The highest BCUT2D eigenvalue weighted by atomic mass is 16.3. The van der Waals surface area contributed by atoms with E-state index in [1.54, 1.807) is 6.29 Å². The highest BCUT2D eigenvalue weighted by molar-refractivity contribution is 5.58. The monoisotopic (exact) mass is 145 g/mol. The van der Waals surface area contributed by atoms with Crippen molar-refractivity contribution in [2.45, 2.75) is 12.5 Å². The van der Waals surface area contributed by atoms with E-state index in [1.165, 1.54) is 0 Å². The molecule has 0 aromatic heterocycles. The molecular formula is C6H13N2O2. The molecule has 0 rings (SSSR count). The Labute approximate surface area is 60.4 Å². The lowest BCUT2D eigenvalue weighted by Crippen LogP contribution is -2.35. The molecule has 0 aromatic carbocycles. The van der Waals surface area contributed by atoms with Gasteiger partial charge in [0, 0.05) is 19.7 Å². The first kappa shape index (κ1) is 9.55. The van der Waals surface area contributed by atoms with Gasteiger partial charge in [-0.05, 0) is 6.42 Å². The molecule has 0 aliphatic heterocycles. The van der Waals surface area contributed by atoms with Crippen LogP contribution in [0.2, 0.25) is 0 Å². The van der Waals surface area contributed by atoms with Crippen LogP contribution in [-0.4, -0.2) is 37.1 Å². The lowest BCUT2D eigenvalue weighted by Gasteiger charge is -2.07. The van der Waals surface area contributed by atoms with Crippen LogP contribution in [0.15, 0.2) is 0 Å². The molecule has 4 nitrogen and oxygen atoms in total. The van der Waals surface area contributed by atoms with Gasteiger partial charge in [0.2, 0.25) is 6.29 Å². The van der Waals surface area contributed by atoms with Crippen LogP contribution >= 0.6 is 0 Å². The van der Waals surface area contributed by atoms with Crippen LogP contribution in [-0.2, 0) is 4.79 Å². The number of hydrogen-bond acceptors (Lipinski definition) is 4. The SMILES string of the molecule is NCCNC([C]=O)CCO. The quantitative estimate of drug-likeness (QED) is 0.420. The molecule has 0 saturated heterocycles. The Bertz CT molecular complexity index is 87.8. The third kappa shape index (κ3) is 4.43. The van der Waals surface area contributed by atoms with E-state index in [0.29, 0.717) is 19.5 Å². The molecule has 0 amide bonds. The van der Waals surface area contributed by atoms with Crippen molar-refractivity contribution in [2.24, 2.45) is 5.73 Å². The first-order chi connectivity index (χ1) is 4.85. The summed E-state index contributed by atoms with van der Waals surface area (Å²) in [5.74, 6) is 0. The Morgan fingerprint density at radius 1 is 1.70 bits per heavy atom. The highest BCUT2D eigenvalue weighted by Gasteiger charge is 2.04. The van der Waals surface area contributed by atoms with Crippen molar-refractivity contribution >= 4 is 6.29 Å². The maximum Gasteiger partial charge on any atom is 0.216 e. The number of nitrogens with one attached hydrogen (secondary N) is 1. The lowest BCUT2D eigenvalue weighted by atomic mass is 10.2. The van der Waals surface area contributed by atoms with Crippen molar-refractivity contribution in [1.82, 2.24) is 5.32 Å². The van der Waals surface area contributed by atoms with Crippen LogP contribution in [0.3, 0.4) is 0 Å². The van der Waals surface area contributed by atoms with Gasteiger partial charge in [-0.3, -0.25) is 4.79 Å². The fraction of sp³-hybridized carbons (Fsp3) is 0.833. The fourth-order valence-corrected chi connectivity index (χ4v) is 0.589. The number of carbonyl (C=O) groups excluding carboxylic acids is 1. The molecule has 0 bridgehead atoms. The van der Waals surface area contributed by atoms with E-state index >= 15 is 0 Å². The summed E-state index contributed by atoms with van der Waals surface area (Å²) in [6.45, 7) is 1.07. The Hall–Kier alpha value is -0.450. The van der Waals surface area contributed by atoms with Gasteiger partial charge in [-0.15, -0.1) is 0 Å². The molecule has 0 aliphatic carbocycles. The predicted octanol–water partition coefficient (Wildman–Crippen LogP) is -1.60. The second-order valence-corrected chi connectivity index (χ2v) is 1.93. The molecule has 4 N–H and O–H groups in total. The maximum absolute atomic E-state index is 10.1. The number of nitrogens with two attached hydrogens (primary N) is 1. The Kier molecular flexibility index (Phi) is 6.37. The van der Waals surface area contributed by atoms with Gasteiger partial charge in [-0.2, -0.15) is 0 Å². The molecule has 4 heteroatoms. The number of rotatable bonds is 6. The summed E-state index contributed by atoms with van der Waals surface area (Å²) in [4.78, 5) is 10.1. The minimum Gasteiger partial charge on any atom is -0.396 e. The van der Waals surface area contributed by atoms with E-state index in [2.05, 4.69) is 5.32 Å². The molecule has 10 heavy (non-hydrogen) atoms. The number of aliphatic hydroxyl groups is 1. The fourth-order valence-electron chi connectivity index (χ4n) is 0.589. The van der Waals surface area contributed by atoms with Gasteiger partial charge in [0.05, 0.1) is 6.04 Å². The van der Waals surface area contributed by atoms with Crippen molar-refractivity contribution in [1.29, 1.82) is 0 Å². The largest absolute Gasteiger partial charge is 0.396 e. The smallest absolute Gasteiger partial charge is 0.216 e. The van der Waals surface area contributed by atoms with E-state index in [-0.39, 0.29) is 12.6 Å². The average molecular weight is 145 g/mol. The molecule has 1 unspecified atom stereocenters. The predicted molar refractivity (Wildman–Crippen MR) is 38.2 cm³/mol. The molecule has 1 radical (unpaired) electrons. The van der Waals surface area contributed by atoms with Gasteiger partial charge in [0.25, 0.3) is 0 Å². The number of aliphatic hydroxyl groups excluding tert-OH is 1. The summed E-state index contributed by atoms with van der Waals surface area (Å²) in [5.41, 5.74) is 5.17. The first-order valence-electron chi connectivity index (χ1n) is 3.27. The molecule has 0 aromatic rings. The van der Waals surface area contributed by atoms with Crippen molar-refractivity contribution in [3.05, 3.63) is 0 Å². The molecular weight excluding hydrogens is 132 g/mol. The third-order valence-electron chi connectivity index (χ3n) is 1.10. The minimum absolute atomic E-state index is 0.00250. The summed E-state index contributed by atoms with van der Waals surface area (Å²) in [6.07, 6.45) is 2.17. The molecule has 0 fully saturated rings. The molecule has 0 heterocycles. The zero-order valence-corrected chi connectivity index (χ0v) is 5.84. The number of hydrogen-bond donors (Lipinski definition) is 3. The van der Waals surface area contributed by atoms with Crippen LogP contribution in [0.4, 0.5) is 0 Å². The van der Waals surface area contributed by atoms with Gasteiger partial charge in [0.1, 0.15) is 0 Å². The third-order valence-corrected chi connectivity index (χ3v) is 1.10. The normalized spacial score (nSPS) is 13.0. The van der Waals surface area contributed by atoms with E-state index in [1.807, 2.05) is 0 Å². The summed E-state index contributed by atoms with van der Waals surface area (Å²) < 4.78 is 0. The lowest BCUT2D eigenvalue weighted by molar-refractivity contribution is 0.277. The summed E-state index contributed by atoms with van der Waals surface area (Å²) in [6, 6.07) is -0.367. The Morgan fingerprint density at radius 2 is 2.40 bits per heavy atom. The molecule has 0 saturated carbocycles. The van der Waals surface area contributed by atoms with Crippen LogP contribution in [0.25, 0.3) is 0 Å². The average Bonchev–Trinajstić information content (AvgIpc) is 1.98. The van der Waals surface area contributed by atoms with Crippen LogP contribution in [0, 0.1) is 0 Å². The molecule has 59 valence electrons. The van der Waals surface area contributed by atoms with E-state index in [9.17, 15) is 4.79 Å². The van der Waals surface area contributed by atoms with Gasteiger partial charge in [0.15, 0.2) is 0 Å². The van der Waals surface area contributed by atoms with E-state index < -0.39 is 0 Å². The zero-order chi connectivity index (χ0) is 7.82. The van der Waals surface area contributed by atoms with E-state index in [0.717, 1.165) is 0 Å². The molecule has 0 aliphatic rings. The van der Waals surface area contributed by atoms with Crippen LogP contribution < -0.4 is 11.1 Å². The standard InChI is InChI=1S/C6H13N2O2/c7-2-3-8-6(5-10)1-4-9/h6,8-9H,1-4,7H2. The summed E-state index contributed by atoms with van der Waals surface area (Å²) in [5, 5.41) is 11.2. The van der Waals surface area contributed by atoms with Crippen LogP contribution in [0.1, 0.15) is 6.42 Å². The second kappa shape index (κ2) is 6.67. The second-order valence-electron chi connectivity index (χ2n) is 1.93. The van der Waals surface area contributed by atoms with Gasteiger partial charge < -0.3 is 16.2 Å². The topological polar surface area (TPSA) is 75.3 Å². The highest BCUT2D eigenvalue weighted by Crippen LogP contribution is 1.84. The van der Waals surface area contributed by atoms with Crippen molar-refractivity contribution in [3.8, 4) is 0 Å². The summed E-state index contributed by atoms with van der Waals surface area (Å²) >= 11 is 0. The minimum atomic E-state index is -0.367. The Balaban J connectivity index is 3.29. The molecule has 0 spiro atoms. The summed E-state index contributed by atoms with van der Waals surface area (Å²) in [7, 11) is 0. The maximum atomic E-state index is 10.1. The van der Waals surface area contributed by atoms with Crippen molar-refractivity contribution < 1.29 is 9.90 Å². The zero-order valence-electron chi connectivity index (χ0n) is 5.84. The molecule has 1 atom stereocenters. The van der Waals surface area contributed by atoms with Crippen molar-refractivity contribution in [3.63, 3.8) is 0 Å². The van der Waals surface area contributed by atoms with E-state index in [4.69, 9.17) is 10.8 Å². The van der Waals surface area contributed by atoms with Gasteiger partial charge >= 0.3 is 0 Å². The van der Waals surface area contributed by atoms with Gasteiger partial charge in [-0.25, -0.2) is 0 Å². The van der Waals surface area contributed by atoms with Crippen molar-refractivity contribution in [2.75, 3.05) is 19.7 Å². The van der Waals surface area contributed by atoms with Gasteiger partial charge in [-0.1, -0.05) is 0 Å².